The smallest absolute Gasteiger partial charge is 0.423 e. The molecule has 0 saturated carbocycles. The molecule has 0 heterocycles. The number of rotatable bonds is 10. The Balaban J connectivity index is 0.00000961. The fourth-order valence-electron chi connectivity index (χ4n) is 2.13. The number of carbonyl (C=O) groups excluding carboxylic acids is 1. The third-order valence-electron chi connectivity index (χ3n) is 5.03. The molecule has 0 aliphatic rings. The van der Waals surface area contributed by atoms with Crippen molar-refractivity contribution in [1.82, 2.24) is 9.84 Å². The summed E-state index contributed by atoms with van der Waals surface area (Å²) in [4.78, 5) is 22.1. The van der Waals surface area contributed by atoms with E-state index in [2.05, 4.69) is 32.8 Å². The van der Waals surface area contributed by atoms with Crippen molar-refractivity contribution in [3.05, 3.63) is 47.0 Å². The van der Waals surface area contributed by atoms with Crippen molar-refractivity contribution in [2.45, 2.75) is 56.8 Å². The fraction of sp³-hybridized carbons (Fsp3) is 0.526. The molecule has 0 aromatic heterocycles. The van der Waals surface area contributed by atoms with Crippen LogP contribution in [0.2, 0.25) is 18.1 Å². The van der Waals surface area contributed by atoms with Crippen LogP contribution >= 0.6 is 13.5 Å². The van der Waals surface area contributed by atoms with E-state index in [1.54, 1.807) is 6.92 Å². The quantitative estimate of drug-likeness (QED) is 0.220. The molecule has 10 nitrogen and oxygen atoms in total. The van der Waals surface area contributed by atoms with Gasteiger partial charge in [0.15, 0.2) is 8.32 Å². The van der Waals surface area contributed by atoms with Crippen molar-refractivity contribution in [2.24, 2.45) is 0 Å². The predicted octanol–water partition coefficient (Wildman–Crippen LogP) is 3.94. The third kappa shape index (κ3) is 7.88. The lowest BCUT2D eigenvalue weighted by molar-refractivity contribution is -0.384. The van der Waals surface area contributed by atoms with Crippen LogP contribution < -0.4 is 5.43 Å². The van der Waals surface area contributed by atoms with Gasteiger partial charge in [-0.2, -0.15) is 13.5 Å². The van der Waals surface area contributed by atoms with Crippen molar-refractivity contribution in [1.29, 1.82) is 0 Å². The van der Waals surface area contributed by atoms with Gasteiger partial charge in [-0.3, -0.25) is 10.1 Å². The zero-order valence-electron chi connectivity index (χ0n) is 19.2. The summed E-state index contributed by atoms with van der Waals surface area (Å²) < 4.78 is 38.1. The van der Waals surface area contributed by atoms with Crippen LogP contribution in [0, 0.1) is 10.1 Å². The molecule has 0 aliphatic carbocycles. The van der Waals surface area contributed by atoms with Gasteiger partial charge in [-0.25, -0.2) is 18.6 Å². The van der Waals surface area contributed by atoms with E-state index in [0.29, 0.717) is 0 Å². The number of sulfonamides is 1. The number of hydrazine groups is 1. The molecule has 182 valence electrons. The second-order valence-corrected chi connectivity index (χ2v) is 15.1. The molecule has 0 spiro atoms. The first-order valence-electron chi connectivity index (χ1n) is 9.60. The Labute approximate surface area is 197 Å². The van der Waals surface area contributed by atoms with Crippen LogP contribution in [0.4, 0.5) is 10.5 Å². The van der Waals surface area contributed by atoms with Gasteiger partial charge in [0.25, 0.3) is 15.7 Å². The molecule has 0 fully saturated rings. The second-order valence-electron chi connectivity index (χ2n) is 8.47. The molecular formula is C19H33N3O7S2Si. The number of hydrogen-bond donors (Lipinski definition) is 1. The number of carbonyl (C=O) groups is 1. The van der Waals surface area contributed by atoms with Crippen molar-refractivity contribution in [3.8, 4) is 0 Å². The Kier molecular flexibility index (Phi) is 11.1. The number of benzene rings is 1. The van der Waals surface area contributed by atoms with E-state index in [0.717, 1.165) is 28.7 Å². The Morgan fingerprint density at radius 2 is 1.84 bits per heavy atom. The minimum Gasteiger partial charge on any atom is -0.444 e. The van der Waals surface area contributed by atoms with Crippen molar-refractivity contribution >= 4 is 43.6 Å². The van der Waals surface area contributed by atoms with Crippen LogP contribution in [-0.2, 0) is 19.2 Å². The van der Waals surface area contributed by atoms with Gasteiger partial charge in [0.2, 0.25) is 0 Å². The summed E-state index contributed by atoms with van der Waals surface area (Å²) in [6.07, 6.45) is 0.364. The van der Waals surface area contributed by atoms with Gasteiger partial charge in [-0.15, -0.1) is 4.41 Å². The molecule has 0 unspecified atom stereocenters. The van der Waals surface area contributed by atoms with Crippen LogP contribution in [0.15, 0.2) is 41.8 Å². The average molecular weight is 508 g/mol. The minimum absolute atomic E-state index is 0. The van der Waals surface area contributed by atoms with Crippen LogP contribution in [0.25, 0.3) is 0 Å². The molecule has 1 rings (SSSR count). The number of amides is 1. The second kappa shape index (κ2) is 11.8. The largest absolute Gasteiger partial charge is 0.444 e. The molecule has 13 heteroatoms. The number of nitro groups is 1. The summed E-state index contributed by atoms with van der Waals surface area (Å²) in [7, 11) is -6.44. The first-order valence-corrected chi connectivity index (χ1v) is 14.0. The van der Waals surface area contributed by atoms with E-state index < -0.39 is 35.4 Å². The van der Waals surface area contributed by atoms with E-state index in [1.807, 2.05) is 13.1 Å². The van der Waals surface area contributed by atoms with Gasteiger partial charge in [-0.05, 0) is 37.2 Å². The Bertz CT molecular complexity index is 900. The normalized spacial score (nSPS) is 13.1. The maximum absolute atomic E-state index is 13.2. The minimum atomic E-state index is -4.26. The predicted molar refractivity (Wildman–Crippen MR) is 130 cm³/mol. The van der Waals surface area contributed by atoms with E-state index >= 15 is 0 Å². The first kappa shape index (κ1) is 30.1. The summed E-state index contributed by atoms with van der Waals surface area (Å²) in [5, 5.41) is 10.8. The fourth-order valence-corrected chi connectivity index (χ4v) is 4.66. The van der Waals surface area contributed by atoms with Gasteiger partial charge in [0.1, 0.15) is 6.61 Å². The molecular weight excluding hydrogens is 474 g/mol. The summed E-state index contributed by atoms with van der Waals surface area (Å²) in [5.41, 5.74) is 1.99. The summed E-state index contributed by atoms with van der Waals surface area (Å²) in [5.74, 6) is 0. The van der Waals surface area contributed by atoms with E-state index in [4.69, 9.17) is 9.16 Å². The highest BCUT2D eigenvalue weighted by atomic mass is 32.2. The zero-order valence-corrected chi connectivity index (χ0v) is 22.1. The molecule has 0 saturated heterocycles. The molecule has 1 atom stereocenters. The third-order valence-corrected chi connectivity index (χ3v) is 11.4. The topological polar surface area (TPSA) is 128 Å². The molecule has 1 amide bonds. The monoisotopic (exact) mass is 507 g/mol. The SMILES string of the molecule is C=CCOC(=O)NN([C@@H](C)CO[Si](C)(C)C(C)(C)C)S(=O)(=O)c1ccc([N+](=O)[O-])cc1.S. The van der Waals surface area contributed by atoms with Gasteiger partial charge < -0.3 is 9.16 Å². The average Bonchev–Trinajstić information content (AvgIpc) is 2.67. The molecule has 0 aliphatic heterocycles. The molecule has 1 aromatic carbocycles. The van der Waals surface area contributed by atoms with E-state index in [9.17, 15) is 23.3 Å². The highest BCUT2D eigenvalue weighted by Crippen LogP contribution is 2.36. The van der Waals surface area contributed by atoms with Gasteiger partial charge in [0, 0.05) is 12.1 Å². The van der Waals surface area contributed by atoms with Crippen LogP contribution in [0.1, 0.15) is 27.7 Å². The lowest BCUT2D eigenvalue weighted by Gasteiger charge is -2.38. The maximum Gasteiger partial charge on any atom is 0.423 e. The molecule has 0 radical (unpaired) electrons. The summed E-state index contributed by atoms with van der Waals surface area (Å²) >= 11 is 0. The molecule has 1 N–H and O–H groups in total. The number of nitrogens with one attached hydrogen (secondary N) is 1. The maximum atomic E-state index is 13.2. The number of hydrogen-bond acceptors (Lipinski definition) is 7. The summed E-state index contributed by atoms with van der Waals surface area (Å²) in [6.45, 7) is 15.2. The molecule has 1 aromatic rings. The lowest BCUT2D eigenvalue weighted by atomic mass is 10.2. The van der Waals surface area contributed by atoms with Gasteiger partial charge in [-0.1, -0.05) is 33.4 Å². The Morgan fingerprint density at radius 1 is 1.31 bits per heavy atom. The standard InChI is InChI=1S/C19H31N3O7SSi.H2S/c1-8-13-28-18(23)20-21(15(2)14-29-31(6,7)19(3,4)5)30(26,27)17-11-9-16(10-12-17)22(24)25;/h8-12,15H,1,13-14H2,2-7H3,(H,20,23);1H2/t15-;/m0./s1. The number of nitro benzene ring substituents is 1. The highest BCUT2D eigenvalue weighted by Gasteiger charge is 2.39. The van der Waals surface area contributed by atoms with Crippen LogP contribution in [-0.4, -0.2) is 51.4 Å². The number of ether oxygens (including phenoxy) is 1. The van der Waals surface area contributed by atoms with Gasteiger partial charge >= 0.3 is 6.09 Å². The highest BCUT2D eigenvalue weighted by molar-refractivity contribution is 7.89. The zero-order chi connectivity index (χ0) is 24.0. The van der Waals surface area contributed by atoms with Crippen molar-refractivity contribution < 1.29 is 27.3 Å². The lowest BCUT2D eigenvalue weighted by Crippen LogP contribution is -2.54. The van der Waals surface area contributed by atoms with Crippen LogP contribution in [0.3, 0.4) is 0 Å². The number of non-ortho nitro benzene ring substituents is 1. The van der Waals surface area contributed by atoms with Crippen molar-refractivity contribution in [3.63, 3.8) is 0 Å². The van der Waals surface area contributed by atoms with Crippen molar-refractivity contribution in [2.75, 3.05) is 13.2 Å². The Hall–Kier alpha value is -1.93. The number of nitrogens with zero attached hydrogens (tertiary/aromatic N) is 2. The van der Waals surface area contributed by atoms with Gasteiger partial charge in [0.05, 0.1) is 22.5 Å². The first-order chi connectivity index (χ1) is 14.1. The molecule has 32 heavy (non-hydrogen) atoms. The van der Waals surface area contributed by atoms with E-state index in [1.165, 1.54) is 6.08 Å². The molecule has 0 bridgehead atoms. The van der Waals surface area contributed by atoms with Crippen LogP contribution in [0.5, 0.6) is 0 Å². The Morgan fingerprint density at radius 3 is 2.28 bits per heavy atom. The van der Waals surface area contributed by atoms with E-state index in [-0.39, 0.29) is 42.3 Å². The summed E-state index contributed by atoms with van der Waals surface area (Å²) in [6, 6.07) is 3.60.